The van der Waals surface area contributed by atoms with E-state index in [0.717, 1.165) is 36.7 Å². The molecule has 0 radical (unpaired) electrons. The second-order valence-electron chi connectivity index (χ2n) is 8.02. The molecule has 1 N–H and O–H groups in total. The molecule has 33 heavy (non-hydrogen) atoms. The predicted molar refractivity (Wildman–Crippen MR) is 124 cm³/mol. The third kappa shape index (κ3) is 5.07. The smallest absolute Gasteiger partial charge is 0.344 e. The lowest BCUT2D eigenvalue weighted by Gasteiger charge is -2.34. The number of carbonyl (C=O) groups is 1. The molecular weight excluding hydrogens is 442 g/mol. The quantitative estimate of drug-likeness (QED) is 0.530. The van der Waals surface area contributed by atoms with Crippen molar-refractivity contribution < 1.29 is 14.3 Å². The van der Waals surface area contributed by atoms with Crippen molar-refractivity contribution in [3.05, 3.63) is 70.1 Å². The van der Waals surface area contributed by atoms with Gasteiger partial charge in [-0.3, -0.25) is 14.3 Å². The maximum atomic E-state index is 12.8. The molecular formula is C23H25N5O4S. The van der Waals surface area contributed by atoms with Gasteiger partial charge in [-0.25, -0.2) is 9.89 Å². The van der Waals surface area contributed by atoms with Crippen molar-refractivity contribution in [3.63, 3.8) is 0 Å². The average Bonchev–Trinajstić information content (AvgIpc) is 3.45. The third-order valence-electron chi connectivity index (χ3n) is 5.80. The number of H-pyrrole nitrogens is 1. The Labute approximate surface area is 195 Å². The van der Waals surface area contributed by atoms with Gasteiger partial charge in [0.2, 0.25) is 12.7 Å². The molecule has 0 saturated carbocycles. The van der Waals surface area contributed by atoms with Gasteiger partial charge in [0.15, 0.2) is 16.7 Å². The summed E-state index contributed by atoms with van der Waals surface area (Å²) >= 11 is 1.29. The van der Waals surface area contributed by atoms with Crippen LogP contribution < -0.4 is 15.2 Å². The molecule has 172 valence electrons. The number of rotatable bonds is 7. The Balaban J connectivity index is 1.11. The van der Waals surface area contributed by atoms with Gasteiger partial charge in [0, 0.05) is 32.7 Å². The van der Waals surface area contributed by atoms with E-state index < -0.39 is 0 Å². The largest absolute Gasteiger partial charge is 0.454 e. The van der Waals surface area contributed by atoms with Crippen LogP contribution in [0, 0.1) is 0 Å². The van der Waals surface area contributed by atoms with E-state index in [0.29, 0.717) is 24.8 Å². The zero-order valence-electron chi connectivity index (χ0n) is 18.1. The predicted octanol–water partition coefficient (Wildman–Crippen LogP) is 1.78. The summed E-state index contributed by atoms with van der Waals surface area (Å²) in [6, 6.07) is 15.7. The van der Waals surface area contributed by atoms with Gasteiger partial charge in [0.25, 0.3) is 0 Å². The fourth-order valence-corrected chi connectivity index (χ4v) is 4.84. The van der Waals surface area contributed by atoms with Crippen molar-refractivity contribution in [1.29, 1.82) is 0 Å². The van der Waals surface area contributed by atoms with Crippen LogP contribution in [0.3, 0.4) is 0 Å². The zero-order valence-corrected chi connectivity index (χ0v) is 18.9. The van der Waals surface area contributed by atoms with E-state index in [1.807, 2.05) is 47.4 Å². The highest BCUT2D eigenvalue weighted by Crippen LogP contribution is 2.32. The first-order valence-corrected chi connectivity index (χ1v) is 11.8. The number of nitrogens with zero attached hydrogens (tertiary/aromatic N) is 4. The normalized spacial score (nSPS) is 15.7. The van der Waals surface area contributed by atoms with E-state index in [1.165, 1.54) is 17.3 Å². The van der Waals surface area contributed by atoms with Crippen molar-refractivity contribution in [2.45, 2.75) is 18.2 Å². The molecule has 0 spiro atoms. The first-order chi connectivity index (χ1) is 16.2. The summed E-state index contributed by atoms with van der Waals surface area (Å²) in [4.78, 5) is 29.1. The number of hydrogen-bond donors (Lipinski definition) is 1. The summed E-state index contributed by atoms with van der Waals surface area (Å²) in [5.74, 6) is 1.89. The number of aromatic nitrogens is 3. The van der Waals surface area contributed by atoms with E-state index in [9.17, 15) is 9.59 Å². The van der Waals surface area contributed by atoms with Gasteiger partial charge < -0.3 is 14.4 Å². The summed E-state index contributed by atoms with van der Waals surface area (Å²) in [7, 11) is 0. The van der Waals surface area contributed by atoms with Crippen molar-refractivity contribution >= 4 is 17.7 Å². The molecule has 9 nitrogen and oxygen atoms in total. The van der Waals surface area contributed by atoms with Gasteiger partial charge >= 0.3 is 5.69 Å². The van der Waals surface area contributed by atoms with Gasteiger partial charge in [0.1, 0.15) is 0 Å². The van der Waals surface area contributed by atoms with Crippen molar-refractivity contribution in [2.24, 2.45) is 0 Å². The first kappa shape index (κ1) is 21.6. The molecule has 3 heterocycles. The van der Waals surface area contributed by atoms with Gasteiger partial charge in [-0.1, -0.05) is 48.2 Å². The Bertz CT molecular complexity index is 1170. The number of carbonyl (C=O) groups excluding carboxylic acids is 1. The Morgan fingerprint density at radius 1 is 0.970 bits per heavy atom. The molecule has 1 aromatic heterocycles. The average molecular weight is 468 g/mol. The number of ether oxygens (including phenoxy) is 2. The van der Waals surface area contributed by atoms with Crippen LogP contribution in [-0.4, -0.2) is 69.2 Å². The number of amides is 1. The second-order valence-corrected chi connectivity index (χ2v) is 8.96. The minimum atomic E-state index is -0.272. The molecule has 2 aliphatic rings. The molecule has 5 rings (SSSR count). The molecule has 2 aliphatic heterocycles. The molecule has 0 unspecified atom stereocenters. The number of nitrogens with one attached hydrogen (secondary N) is 1. The molecule has 1 saturated heterocycles. The van der Waals surface area contributed by atoms with Crippen LogP contribution in [-0.2, 0) is 17.9 Å². The highest BCUT2D eigenvalue weighted by Gasteiger charge is 2.23. The van der Waals surface area contributed by atoms with E-state index in [1.54, 1.807) is 4.57 Å². The monoisotopic (exact) mass is 467 g/mol. The van der Waals surface area contributed by atoms with Crippen molar-refractivity contribution in [1.82, 2.24) is 24.6 Å². The van der Waals surface area contributed by atoms with Crippen molar-refractivity contribution in [3.8, 4) is 11.5 Å². The van der Waals surface area contributed by atoms with Gasteiger partial charge in [-0.05, 0) is 23.3 Å². The second kappa shape index (κ2) is 9.72. The number of thioether (sulfide) groups is 1. The van der Waals surface area contributed by atoms with Crippen LogP contribution >= 0.6 is 11.8 Å². The summed E-state index contributed by atoms with van der Waals surface area (Å²) in [5, 5.41) is 7.12. The SMILES string of the molecule is O=C(CSc1n[nH]c(=O)n1Cc1ccccc1)N1CCN(Cc2ccc3c(c2)OCO3)CC1. The van der Waals surface area contributed by atoms with E-state index in [2.05, 4.69) is 21.2 Å². The van der Waals surface area contributed by atoms with Gasteiger partial charge in [-0.2, -0.15) is 0 Å². The Kier molecular flexibility index (Phi) is 6.36. The molecule has 10 heteroatoms. The molecule has 1 fully saturated rings. The lowest BCUT2D eigenvalue weighted by Crippen LogP contribution is -2.48. The van der Waals surface area contributed by atoms with E-state index >= 15 is 0 Å². The maximum Gasteiger partial charge on any atom is 0.344 e. The summed E-state index contributed by atoms with van der Waals surface area (Å²) in [5.41, 5.74) is 1.91. The van der Waals surface area contributed by atoms with Crippen LogP contribution in [0.25, 0.3) is 0 Å². The number of aromatic amines is 1. The Morgan fingerprint density at radius 3 is 2.58 bits per heavy atom. The van der Waals surface area contributed by atoms with Crippen LogP contribution in [0.15, 0.2) is 58.5 Å². The third-order valence-corrected chi connectivity index (χ3v) is 6.76. The summed E-state index contributed by atoms with van der Waals surface area (Å²) < 4.78 is 12.4. The molecule has 1 amide bonds. The van der Waals surface area contributed by atoms with Crippen LogP contribution in [0.2, 0.25) is 0 Å². The van der Waals surface area contributed by atoms with E-state index in [4.69, 9.17) is 9.47 Å². The Morgan fingerprint density at radius 2 is 1.76 bits per heavy atom. The summed E-state index contributed by atoms with van der Waals surface area (Å²) in [6.07, 6.45) is 0. The fraction of sp³-hybridized carbons (Fsp3) is 0.348. The highest BCUT2D eigenvalue weighted by atomic mass is 32.2. The lowest BCUT2D eigenvalue weighted by atomic mass is 10.1. The minimum absolute atomic E-state index is 0.0597. The fourth-order valence-electron chi connectivity index (χ4n) is 3.99. The first-order valence-electron chi connectivity index (χ1n) is 10.9. The zero-order chi connectivity index (χ0) is 22.6. The molecule has 0 bridgehead atoms. The van der Waals surface area contributed by atoms with Gasteiger partial charge in [0.05, 0.1) is 12.3 Å². The number of hydrogen-bond acceptors (Lipinski definition) is 7. The lowest BCUT2D eigenvalue weighted by molar-refractivity contribution is -0.130. The number of piperazine rings is 1. The van der Waals surface area contributed by atoms with Crippen LogP contribution in [0.1, 0.15) is 11.1 Å². The standard InChI is InChI=1S/C23H25N5O4S/c29-21(15-33-23-25-24-22(30)28(23)14-17-4-2-1-3-5-17)27-10-8-26(9-11-27)13-18-6-7-19-20(12-18)32-16-31-19/h1-7,12H,8-11,13-16H2,(H,24,30). The molecule has 0 aliphatic carbocycles. The van der Waals surface area contributed by atoms with Crippen LogP contribution in [0.4, 0.5) is 0 Å². The van der Waals surface area contributed by atoms with Crippen LogP contribution in [0.5, 0.6) is 11.5 Å². The summed E-state index contributed by atoms with van der Waals surface area (Å²) in [6.45, 7) is 4.50. The molecule has 0 atom stereocenters. The molecule has 2 aromatic carbocycles. The topological polar surface area (TPSA) is 92.7 Å². The highest BCUT2D eigenvalue weighted by molar-refractivity contribution is 7.99. The van der Waals surface area contributed by atoms with Gasteiger partial charge in [-0.15, -0.1) is 5.10 Å². The van der Waals surface area contributed by atoms with E-state index in [-0.39, 0.29) is 24.1 Å². The maximum absolute atomic E-state index is 12.8. The number of benzene rings is 2. The molecule has 3 aromatic rings. The minimum Gasteiger partial charge on any atom is -0.454 e. The van der Waals surface area contributed by atoms with Crippen molar-refractivity contribution in [2.75, 3.05) is 38.7 Å². The Hall–Kier alpha value is -3.24. The number of fused-ring (bicyclic) bond motifs is 1.